The molecule has 0 aliphatic heterocycles. The van der Waals surface area contributed by atoms with Crippen LogP contribution in [0.2, 0.25) is 0 Å². The molecule has 5 atom stereocenters. The van der Waals surface area contributed by atoms with Crippen LogP contribution in [0.4, 0.5) is 0 Å². The number of carbonyl (C=O) groups excluding carboxylic acids is 6. The van der Waals surface area contributed by atoms with Gasteiger partial charge >= 0.3 is 0 Å². The van der Waals surface area contributed by atoms with E-state index in [9.17, 15) is 28.8 Å². The molecule has 0 spiro atoms. The van der Waals surface area contributed by atoms with Gasteiger partial charge in [-0.05, 0) is 59.2 Å². The fourth-order valence-electron chi connectivity index (χ4n) is 6.23. The minimum absolute atomic E-state index is 0.0614. The van der Waals surface area contributed by atoms with Gasteiger partial charge in [0.15, 0.2) is 0 Å². The number of hydrogen-bond donors (Lipinski definition) is 6. The third kappa shape index (κ3) is 14.0. The van der Waals surface area contributed by atoms with Gasteiger partial charge in [0.25, 0.3) is 5.91 Å². The van der Waals surface area contributed by atoms with Crippen LogP contribution in [0, 0.1) is 11.8 Å². The molecular formula is C44H53N7O6. The molecule has 1 aromatic heterocycles. The van der Waals surface area contributed by atoms with Gasteiger partial charge in [-0.1, -0.05) is 107 Å². The van der Waals surface area contributed by atoms with Crippen molar-refractivity contribution in [2.24, 2.45) is 17.6 Å². The number of benzene rings is 3. The number of pyridine rings is 1. The average Bonchev–Trinajstić information content (AvgIpc) is 3.19. The summed E-state index contributed by atoms with van der Waals surface area (Å²) >= 11 is 0. The average molecular weight is 776 g/mol. The summed E-state index contributed by atoms with van der Waals surface area (Å²) in [6.07, 6.45) is 3.72. The quantitative estimate of drug-likeness (QED) is 0.0792. The number of amides is 6. The second-order valence-electron chi connectivity index (χ2n) is 14.8. The van der Waals surface area contributed by atoms with Crippen LogP contribution in [0.5, 0.6) is 0 Å². The first kappa shape index (κ1) is 43.4. The zero-order valence-corrected chi connectivity index (χ0v) is 32.8. The largest absolute Gasteiger partial charge is 0.368 e. The number of hydrogen-bond acceptors (Lipinski definition) is 7. The Morgan fingerprint density at radius 3 is 1.35 bits per heavy atom. The molecule has 7 N–H and O–H groups in total. The van der Waals surface area contributed by atoms with Gasteiger partial charge in [-0.15, -0.1) is 0 Å². The maximum Gasteiger partial charge on any atom is 0.251 e. The molecule has 6 amide bonds. The predicted octanol–water partition coefficient (Wildman–Crippen LogP) is 3.03. The molecule has 0 saturated heterocycles. The van der Waals surface area contributed by atoms with Crippen molar-refractivity contribution in [3.63, 3.8) is 0 Å². The Hall–Kier alpha value is -6.37. The van der Waals surface area contributed by atoms with Crippen LogP contribution in [0.1, 0.15) is 61.2 Å². The Balaban J connectivity index is 1.62. The molecule has 0 bridgehead atoms. The zero-order valence-electron chi connectivity index (χ0n) is 32.8. The molecule has 0 aliphatic rings. The second-order valence-corrected chi connectivity index (χ2v) is 14.8. The molecule has 0 aliphatic carbocycles. The summed E-state index contributed by atoms with van der Waals surface area (Å²) in [5, 5.41) is 14.0. The Morgan fingerprint density at radius 1 is 0.509 bits per heavy atom. The Kier molecular flexibility index (Phi) is 16.5. The molecule has 57 heavy (non-hydrogen) atoms. The van der Waals surface area contributed by atoms with Crippen LogP contribution in [0.15, 0.2) is 116 Å². The molecule has 4 aromatic rings. The van der Waals surface area contributed by atoms with Gasteiger partial charge in [0.2, 0.25) is 29.5 Å². The van der Waals surface area contributed by atoms with Crippen LogP contribution < -0.4 is 32.3 Å². The predicted molar refractivity (Wildman–Crippen MR) is 217 cm³/mol. The number of nitrogens with zero attached hydrogens (tertiary/aromatic N) is 1. The van der Waals surface area contributed by atoms with E-state index in [-0.39, 0.29) is 25.2 Å². The summed E-state index contributed by atoms with van der Waals surface area (Å²) in [4.78, 5) is 85.7. The van der Waals surface area contributed by atoms with E-state index in [2.05, 4.69) is 31.6 Å². The monoisotopic (exact) mass is 775 g/mol. The lowest BCUT2D eigenvalue weighted by molar-refractivity contribution is -0.135. The van der Waals surface area contributed by atoms with Gasteiger partial charge in [0.05, 0.1) is 0 Å². The van der Waals surface area contributed by atoms with Crippen LogP contribution >= 0.6 is 0 Å². The number of aromatic nitrogens is 1. The lowest BCUT2D eigenvalue weighted by Crippen LogP contribution is -2.60. The molecule has 13 nitrogen and oxygen atoms in total. The minimum Gasteiger partial charge on any atom is -0.368 e. The molecule has 4 rings (SSSR count). The topological polar surface area (TPSA) is 201 Å². The first-order chi connectivity index (χ1) is 27.3. The normalized spacial score (nSPS) is 13.6. The highest BCUT2D eigenvalue weighted by atomic mass is 16.2. The third-order valence-corrected chi connectivity index (χ3v) is 9.29. The van der Waals surface area contributed by atoms with E-state index in [0.29, 0.717) is 12.0 Å². The zero-order chi connectivity index (χ0) is 41.3. The van der Waals surface area contributed by atoms with Crippen LogP contribution in [-0.4, -0.2) is 70.6 Å². The smallest absolute Gasteiger partial charge is 0.251 e. The van der Waals surface area contributed by atoms with E-state index in [1.165, 1.54) is 0 Å². The van der Waals surface area contributed by atoms with E-state index in [0.717, 1.165) is 16.7 Å². The van der Waals surface area contributed by atoms with Gasteiger partial charge in [-0.3, -0.25) is 33.8 Å². The summed E-state index contributed by atoms with van der Waals surface area (Å²) < 4.78 is 0. The molecule has 13 heteroatoms. The van der Waals surface area contributed by atoms with Crippen LogP contribution in [-0.2, 0) is 43.2 Å². The molecule has 1 heterocycles. The van der Waals surface area contributed by atoms with Crippen molar-refractivity contribution in [2.75, 3.05) is 0 Å². The van der Waals surface area contributed by atoms with E-state index in [1.54, 1.807) is 80.8 Å². The van der Waals surface area contributed by atoms with Gasteiger partial charge in [-0.25, -0.2) is 0 Å². The Labute approximate surface area is 334 Å². The van der Waals surface area contributed by atoms with Crippen molar-refractivity contribution < 1.29 is 28.8 Å². The minimum atomic E-state index is -1.18. The summed E-state index contributed by atoms with van der Waals surface area (Å²) in [5.41, 5.74) is 8.15. The van der Waals surface area contributed by atoms with Crippen molar-refractivity contribution >= 4 is 35.4 Å². The first-order valence-electron chi connectivity index (χ1n) is 19.1. The molecule has 0 radical (unpaired) electrons. The van der Waals surface area contributed by atoms with Gasteiger partial charge < -0.3 is 32.3 Å². The molecule has 3 aromatic carbocycles. The lowest BCUT2D eigenvalue weighted by Gasteiger charge is -2.28. The van der Waals surface area contributed by atoms with E-state index >= 15 is 0 Å². The number of carbonyl (C=O) groups is 6. The van der Waals surface area contributed by atoms with Crippen molar-refractivity contribution in [1.82, 2.24) is 31.6 Å². The van der Waals surface area contributed by atoms with Gasteiger partial charge in [0, 0.05) is 37.2 Å². The summed E-state index contributed by atoms with van der Waals surface area (Å²) in [7, 11) is 0. The standard InChI is InChI=1S/C44H53N7O6/c1-28(2)24-34(39(45)52)47-44(57)38(29(3)4)51-43(56)37(26-31-16-10-6-11-17-31)50-42(55)36(25-30-14-8-5-9-15-30)49-41(54)35(27-32-20-22-46-23-21-32)48-40(53)33-18-12-7-13-19-33/h5-23,28-29,34-38H,24-27H2,1-4H3,(H2,45,52)(H,47,57)(H,48,53)(H,49,54)(H,50,55)(H,51,56)/t34-,35-,36-,37-,38-/m1/s1. The number of rotatable bonds is 20. The first-order valence-corrected chi connectivity index (χ1v) is 19.1. The second kappa shape index (κ2) is 21.6. The number of nitrogens with one attached hydrogen (secondary N) is 5. The highest BCUT2D eigenvalue weighted by molar-refractivity contribution is 5.99. The lowest BCUT2D eigenvalue weighted by atomic mass is 9.98. The van der Waals surface area contributed by atoms with E-state index < -0.39 is 71.6 Å². The third-order valence-electron chi connectivity index (χ3n) is 9.29. The maximum atomic E-state index is 14.4. The summed E-state index contributed by atoms with van der Waals surface area (Å²) in [5.74, 6) is -3.98. The molecule has 300 valence electrons. The van der Waals surface area contributed by atoms with Crippen molar-refractivity contribution in [2.45, 2.75) is 83.6 Å². The van der Waals surface area contributed by atoms with Gasteiger partial charge in [0.1, 0.15) is 30.2 Å². The highest BCUT2D eigenvalue weighted by Crippen LogP contribution is 2.12. The van der Waals surface area contributed by atoms with Crippen molar-refractivity contribution in [3.8, 4) is 0 Å². The SMILES string of the molecule is CC(C)C[C@@H](NC(=O)[C@H](NC(=O)[C@@H](Cc1ccccc1)NC(=O)[C@@H](Cc1ccccc1)NC(=O)[C@@H](Cc1ccncc1)NC(=O)c1ccccc1)C(C)C)C(N)=O. The van der Waals surface area contributed by atoms with Gasteiger partial charge in [-0.2, -0.15) is 0 Å². The summed E-state index contributed by atoms with van der Waals surface area (Å²) in [6, 6.07) is 24.6. The van der Waals surface area contributed by atoms with E-state index in [1.807, 2.05) is 62.4 Å². The summed E-state index contributed by atoms with van der Waals surface area (Å²) in [6.45, 7) is 7.30. The van der Waals surface area contributed by atoms with E-state index in [4.69, 9.17) is 5.73 Å². The Morgan fingerprint density at radius 2 is 0.912 bits per heavy atom. The molecular weight excluding hydrogens is 723 g/mol. The Bertz CT molecular complexity index is 1930. The molecule has 0 fully saturated rings. The number of nitrogens with two attached hydrogens (primary N) is 1. The molecule has 0 unspecified atom stereocenters. The highest BCUT2D eigenvalue weighted by Gasteiger charge is 2.34. The molecule has 0 saturated carbocycles. The van der Waals surface area contributed by atoms with Crippen LogP contribution in [0.25, 0.3) is 0 Å². The number of primary amides is 1. The van der Waals surface area contributed by atoms with Crippen molar-refractivity contribution in [1.29, 1.82) is 0 Å². The maximum absolute atomic E-state index is 14.4. The van der Waals surface area contributed by atoms with Crippen molar-refractivity contribution in [3.05, 3.63) is 138 Å². The van der Waals surface area contributed by atoms with Crippen LogP contribution in [0.3, 0.4) is 0 Å². The fraction of sp³-hybridized carbons (Fsp3) is 0.341. The fourth-order valence-corrected chi connectivity index (χ4v) is 6.23.